The molecule has 0 aliphatic heterocycles. The van der Waals surface area contributed by atoms with E-state index in [1.54, 1.807) is 11.3 Å². The average Bonchev–Trinajstić information content (AvgIpc) is 2.66. The third-order valence-electron chi connectivity index (χ3n) is 2.22. The maximum Gasteiger partial charge on any atom is 0.0983 e. The highest BCUT2D eigenvalue weighted by Crippen LogP contribution is 2.28. The Morgan fingerprint density at radius 3 is 2.69 bits per heavy atom. The Labute approximate surface area is 102 Å². The second-order valence-electron chi connectivity index (χ2n) is 4.81. The molecule has 1 aromatic rings. The quantitative estimate of drug-likeness (QED) is 0.818. The van der Waals surface area contributed by atoms with Crippen LogP contribution in [0.2, 0.25) is 0 Å². The topological polar surface area (TPSA) is 33.1 Å². The number of aliphatic hydroxyl groups excluding tert-OH is 1. The summed E-state index contributed by atoms with van der Waals surface area (Å²) in [6, 6.07) is 0. The summed E-state index contributed by atoms with van der Waals surface area (Å²) in [4.78, 5) is 4.48. The third-order valence-corrected chi connectivity index (χ3v) is 3.51. The fourth-order valence-electron chi connectivity index (χ4n) is 1.27. The minimum atomic E-state index is -0.479. The van der Waals surface area contributed by atoms with E-state index >= 15 is 0 Å². The summed E-state index contributed by atoms with van der Waals surface area (Å²) in [6.07, 6.45) is 0.905. The van der Waals surface area contributed by atoms with E-state index in [1.165, 1.54) is 0 Å². The van der Waals surface area contributed by atoms with Crippen molar-refractivity contribution in [3.05, 3.63) is 16.1 Å². The molecule has 16 heavy (non-hydrogen) atoms. The molecule has 1 unspecified atom stereocenters. The number of thiazole rings is 1. The molecule has 0 amide bonds. The molecule has 0 radical (unpaired) electrons. The highest BCUT2D eigenvalue weighted by atomic mass is 32.1. The summed E-state index contributed by atoms with van der Waals surface area (Å²) in [5, 5.41) is 12.9. The molecule has 1 N–H and O–H groups in total. The van der Waals surface area contributed by atoms with Crippen LogP contribution in [-0.2, 0) is 5.41 Å². The van der Waals surface area contributed by atoms with Gasteiger partial charge in [-0.2, -0.15) is 0 Å². The highest BCUT2D eigenvalue weighted by molar-refractivity contribution is 7.09. The van der Waals surface area contributed by atoms with Crippen LogP contribution in [0.1, 0.15) is 57.3 Å². The molecule has 3 heteroatoms. The summed E-state index contributed by atoms with van der Waals surface area (Å²) in [7, 11) is 0. The van der Waals surface area contributed by atoms with Gasteiger partial charge >= 0.3 is 0 Å². The zero-order valence-electron chi connectivity index (χ0n) is 10.4. The number of aromatic nitrogens is 1. The van der Waals surface area contributed by atoms with Crippen LogP contribution in [0.3, 0.4) is 0 Å². The predicted octanol–water partition coefficient (Wildman–Crippen LogP) is 3.28. The van der Waals surface area contributed by atoms with Crippen LogP contribution in [0, 0.1) is 11.8 Å². The molecule has 1 atom stereocenters. The van der Waals surface area contributed by atoms with Crippen LogP contribution in [0.4, 0.5) is 0 Å². The minimum absolute atomic E-state index is 0.0614. The predicted molar refractivity (Wildman–Crippen MR) is 68.5 cm³/mol. The van der Waals surface area contributed by atoms with Crippen molar-refractivity contribution >= 4 is 11.3 Å². The largest absolute Gasteiger partial charge is 0.387 e. The summed E-state index contributed by atoms with van der Waals surface area (Å²) in [6.45, 7) is 8.20. The van der Waals surface area contributed by atoms with E-state index in [4.69, 9.17) is 0 Å². The van der Waals surface area contributed by atoms with Gasteiger partial charge in [0.15, 0.2) is 0 Å². The zero-order chi connectivity index (χ0) is 12.2. The standard InChI is InChI=1S/C13H19NOS/c1-5-6-7-8-11(15)10-9-16-12(14-10)13(2,3)4/h9,11,15H,7-8H2,1-4H3. The Hall–Kier alpha value is -0.850. The van der Waals surface area contributed by atoms with Gasteiger partial charge in [-0.05, 0) is 13.3 Å². The summed E-state index contributed by atoms with van der Waals surface area (Å²) >= 11 is 1.62. The van der Waals surface area contributed by atoms with Crippen LogP contribution in [-0.4, -0.2) is 10.1 Å². The van der Waals surface area contributed by atoms with Gasteiger partial charge in [0.1, 0.15) is 0 Å². The van der Waals surface area contributed by atoms with E-state index in [-0.39, 0.29) is 5.41 Å². The van der Waals surface area contributed by atoms with Gasteiger partial charge < -0.3 is 5.11 Å². The van der Waals surface area contributed by atoms with E-state index in [0.29, 0.717) is 6.42 Å². The lowest BCUT2D eigenvalue weighted by atomic mass is 9.98. The first-order valence-corrected chi connectivity index (χ1v) is 6.36. The molecule has 0 bridgehead atoms. The van der Waals surface area contributed by atoms with Crippen molar-refractivity contribution in [2.45, 2.75) is 52.1 Å². The van der Waals surface area contributed by atoms with E-state index in [9.17, 15) is 5.11 Å². The van der Waals surface area contributed by atoms with Crippen molar-refractivity contribution in [2.75, 3.05) is 0 Å². The van der Waals surface area contributed by atoms with Crippen LogP contribution >= 0.6 is 11.3 Å². The van der Waals surface area contributed by atoms with E-state index in [0.717, 1.165) is 17.1 Å². The van der Waals surface area contributed by atoms with E-state index < -0.39 is 6.10 Å². The molecule has 1 heterocycles. The van der Waals surface area contributed by atoms with Gasteiger partial charge in [-0.1, -0.05) is 20.8 Å². The van der Waals surface area contributed by atoms with Crippen LogP contribution in [0.5, 0.6) is 0 Å². The third kappa shape index (κ3) is 3.62. The second kappa shape index (κ2) is 5.47. The maximum absolute atomic E-state index is 9.90. The molecule has 0 saturated carbocycles. The molecule has 1 rings (SSSR count). The lowest BCUT2D eigenvalue weighted by molar-refractivity contribution is 0.165. The molecule has 0 spiro atoms. The smallest absolute Gasteiger partial charge is 0.0983 e. The van der Waals surface area contributed by atoms with Crippen molar-refractivity contribution in [1.82, 2.24) is 4.98 Å². The Morgan fingerprint density at radius 1 is 1.50 bits per heavy atom. The minimum Gasteiger partial charge on any atom is -0.387 e. The van der Waals surface area contributed by atoms with Crippen molar-refractivity contribution < 1.29 is 5.11 Å². The fourth-order valence-corrected chi connectivity index (χ4v) is 2.22. The SMILES string of the molecule is CC#CCCC(O)c1csc(C(C)(C)C)n1. The number of aliphatic hydroxyl groups is 1. The Morgan fingerprint density at radius 2 is 2.19 bits per heavy atom. The van der Waals surface area contributed by atoms with Crippen molar-refractivity contribution in [3.63, 3.8) is 0 Å². The van der Waals surface area contributed by atoms with Gasteiger partial charge in [0.05, 0.1) is 16.8 Å². The van der Waals surface area contributed by atoms with Crippen molar-refractivity contribution in [2.24, 2.45) is 0 Å². The Bertz CT molecular complexity index is 392. The number of nitrogens with zero attached hydrogens (tertiary/aromatic N) is 1. The second-order valence-corrected chi connectivity index (χ2v) is 5.67. The number of rotatable bonds is 3. The summed E-state index contributed by atoms with van der Waals surface area (Å²) in [5.74, 6) is 5.78. The maximum atomic E-state index is 9.90. The van der Waals surface area contributed by atoms with Crippen LogP contribution < -0.4 is 0 Å². The van der Waals surface area contributed by atoms with Crippen LogP contribution in [0.25, 0.3) is 0 Å². The average molecular weight is 237 g/mol. The lowest BCUT2D eigenvalue weighted by Crippen LogP contribution is -2.11. The molecular weight excluding hydrogens is 218 g/mol. The molecule has 0 aliphatic rings. The molecule has 0 fully saturated rings. The van der Waals surface area contributed by atoms with Gasteiger partial charge in [0, 0.05) is 17.2 Å². The molecule has 0 aliphatic carbocycles. The first kappa shape index (κ1) is 13.2. The van der Waals surface area contributed by atoms with Crippen molar-refractivity contribution in [1.29, 1.82) is 0 Å². The summed E-state index contributed by atoms with van der Waals surface area (Å²) < 4.78 is 0. The monoisotopic (exact) mass is 237 g/mol. The number of hydrogen-bond acceptors (Lipinski definition) is 3. The molecule has 1 aromatic heterocycles. The lowest BCUT2D eigenvalue weighted by Gasteiger charge is -2.14. The normalized spacial score (nSPS) is 13.1. The molecule has 0 saturated heterocycles. The van der Waals surface area contributed by atoms with Gasteiger partial charge in [-0.3, -0.25) is 0 Å². The van der Waals surface area contributed by atoms with Crippen LogP contribution in [0.15, 0.2) is 5.38 Å². The molecular formula is C13H19NOS. The molecule has 0 aromatic carbocycles. The zero-order valence-corrected chi connectivity index (χ0v) is 11.2. The van der Waals surface area contributed by atoms with E-state index in [2.05, 4.69) is 37.6 Å². The Balaban J connectivity index is 2.65. The Kier molecular flexibility index (Phi) is 4.52. The van der Waals surface area contributed by atoms with Crippen molar-refractivity contribution in [3.8, 4) is 11.8 Å². The first-order valence-electron chi connectivity index (χ1n) is 5.48. The molecule has 88 valence electrons. The van der Waals surface area contributed by atoms with Gasteiger partial charge in [-0.15, -0.1) is 23.2 Å². The van der Waals surface area contributed by atoms with Gasteiger partial charge in [0.2, 0.25) is 0 Å². The fraction of sp³-hybridized carbons (Fsp3) is 0.615. The van der Waals surface area contributed by atoms with E-state index in [1.807, 2.05) is 12.3 Å². The van der Waals surface area contributed by atoms with Gasteiger partial charge in [-0.25, -0.2) is 4.98 Å². The van der Waals surface area contributed by atoms with Gasteiger partial charge in [0.25, 0.3) is 0 Å². The summed E-state index contributed by atoms with van der Waals surface area (Å²) in [5.41, 5.74) is 0.846. The first-order chi connectivity index (χ1) is 7.45. The molecule has 2 nitrogen and oxygen atoms in total. The highest BCUT2D eigenvalue weighted by Gasteiger charge is 2.20. The number of hydrogen-bond donors (Lipinski definition) is 1.